The Balaban J connectivity index is 1.82. The monoisotopic (exact) mass is 280 g/mol. The molecule has 1 aliphatic heterocycles. The van der Waals surface area contributed by atoms with Gasteiger partial charge in [-0.05, 0) is 25.0 Å². The Bertz CT molecular complexity index is 687. The van der Waals surface area contributed by atoms with Gasteiger partial charge in [-0.3, -0.25) is 4.40 Å². The third kappa shape index (κ3) is 2.35. The summed E-state index contributed by atoms with van der Waals surface area (Å²) in [6.45, 7) is 1.12. The molecule has 0 N–H and O–H groups in total. The topological polar surface area (TPSA) is 67.6 Å². The van der Waals surface area contributed by atoms with E-state index in [9.17, 15) is 8.42 Å². The van der Waals surface area contributed by atoms with E-state index in [1.54, 1.807) is 0 Å². The fraction of sp³-hybridized carbons (Fsp3) is 0.500. The molecule has 2 aromatic rings. The van der Waals surface area contributed by atoms with Crippen molar-refractivity contribution >= 4 is 15.7 Å². The van der Waals surface area contributed by atoms with Gasteiger partial charge in [0.2, 0.25) is 10.0 Å². The number of hydrogen-bond donors (Lipinski definition) is 0. The van der Waals surface area contributed by atoms with Gasteiger partial charge in [-0.25, -0.2) is 12.7 Å². The molecule has 0 amide bonds. The highest BCUT2D eigenvalue weighted by atomic mass is 32.2. The largest absolute Gasteiger partial charge is 0.286 e. The maximum atomic E-state index is 11.5. The summed E-state index contributed by atoms with van der Waals surface area (Å²) < 4.78 is 26.5. The molecule has 19 heavy (non-hydrogen) atoms. The number of nitrogens with zero attached hydrogens (tertiary/aromatic N) is 4. The zero-order valence-electron chi connectivity index (χ0n) is 10.7. The van der Waals surface area contributed by atoms with Crippen molar-refractivity contribution in [3.8, 4) is 0 Å². The Labute approximate surface area is 112 Å². The Hall–Kier alpha value is -1.47. The third-order valence-electron chi connectivity index (χ3n) is 3.63. The van der Waals surface area contributed by atoms with Crippen molar-refractivity contribution in [1.29, 1.82) is 0 Å². The number of pyridine rings is 1. The number of piperidine rings is 1. The fourth-order valence-electron chi connectivity index (χ4n) is 2.58. The first kappa shape index (κ1) is 12.6. The highest BCUT2D eigenvalue weighted by Gasteiger charge is 2.28. The molecule has 1 saturated heterocycles. The van der Waals surface area contributed by atoms with E-state index in [4.69, 9.17) is 0 Å². The van der Waals surface area contributed by atoms with Gasteiger partial charge in [-0.15, -0.1) is 10.2 Å². The van der Waals surface area contributed by atoms with Crippen LogP contribution >= 0.6 is 0 Å². The Kier molecular flexibility index (Phi) is 3.02. The van der Waals surface area contributed by atoms with E-state index in [1.165, 1.54) is 10.6 Å². The van der Waals surface area contributed by atoms with Crippen molar-refractivity contribution in [2.45, 2.75) is 18.8 Å². The van der Waals surface area contributed by atoms with Crippen LogP contribution in [0.15, 0.2) is 24.4 Å². The highest BCUT2D eigenvalue weighted by molar-refractivity contribution is 7.88. The van der Waals surface area contributed by atoms with E-state index in [0.29, 0.717) is 13.1 Å². The van der Waals surface area contributed by atoms with E-state index >= 15 is 0 Å². The van der Waals surface area contributed by atoms with Gasteiger partial charge in [0.1, 0.15) is 5.82 Å². The molecule has 6 nitrogen and oxygen atoms in total. The van der Waals surface area contributed by atoms with Crippen LogP contribution in [-0.2, 0) is 10.0 Å². The number of rotatable bonds is 2. The summed E-state index contributed by atoms with van der Waals surface area (Å²) in [5, 5.41) is 8.39. The molecule has 0 saturated carbocycles. The van der Waals surface area contributed by atoms with Gasteiger partial charge in [-0.2, -0.15) is 0 Å². The molecule has 0 radical (unpaired) electrons. The van der Waals surface area contributed by atoms with Gasteiger partial charge in [0.15, 0.2) is 5.65 Å². The molecule has 0 aromatic carbocycles. The Morgan fingerprint density at radius 2 is 1.95 bits per heavy atom. The van der Waals surface area contributed by atoms with Crippen LogP contribution in [0.5, 0.6) is 0 Å². The van der Waals surface area contributed by atoms with E-state index < -0.39 is 10.0 Å². The average Bonchev–Trinajstić information content (AvgIpc) is 2.82. The van der Waals surface area contributed by atoms with Crippen molar-refractivity contribution in [3.05, 3.63) is 30.2 Å². The zero-order valence-corrected chi connectivity index (χ0v) is 11.5. The first-order valence-electron chi connectivity index (χ1n) is 6.30. The van der Waals surface area contributed by atoms with Crippen molar-refractivity contribution in [2.75, 3.05) is 19.3 Å². The quantitative estimate of drug-likeness (QED) is 0.818. The minimum Gasteiger partial charge on any atom is -0.286 e. The third-order valence-corrected chi connectivity index (χ3v) is 4.93. The lowest BCUT2D eigenvalue weighted by atomic mass is 9.97. The van der Waals surface area contributed by atoms with Crippen molar-refractivity contribution in [2.24, 2.45) is 0 Å². The maximum Gasteiger partial charge on any atom is 0.211 e. The smallest absolute Gasteiger partial charge is 0.211 e. The molecule has 0 atom stereocenters. The van der Waals surface area contributed by atoms with Gasteiger partial charge >= 0.3 is 0 Å². The van der Waals surface area contributed by atoms with Crippen LogP contribution in [0.25, 0.3) is 5.65 Å². The van der Waals surface area contributed by atoms with Gasteiger partial charge in [-0.1, -0.05) is 6.07 Å². The second kappa shape index (κ2) is 4.57. The van der Waals surface area contributed by atoms with Crippen molar-refractivity contribution in [1.82, 2.24) is 18.9 Å². The van der Waals surface area contributed by atoms with E-state index in [-0.39, 0.29) is 5.92 Å². The van der Waals surface area contributed by atoms with Crippen LogP contribution in [0.2, 0.25) is 0 Å². The molecule has 7 heteroatoms. The van der Waals surface area contributed by atoms with E-state index in [0.717, 1.165) is 24.3 Å². The van der Waals surface area contributed by atoms with Crippen LogP contribution in [0, 0.1) is 0 Å². The molecule has 0 spiro atoms. The lowest BCUT2D eigenvalue weighted by Crippen LogP contribution is -2.37. The molecule has 2 aromatic heterocycles. The van der Waals surface area contributed by atoms with Gasteiger partial charge < -0.3 is 0 Å². The number of fused-ring (bicyclic) bond motifs is 1. The summed E-state index contributed by atoms with van der Waals surface area (Å²) in [6.07, 6.45) is 4.80. The number of sulfonamides is 1. The highest BCUT2D eigenvalue weighted by Crippen LogP contribution is 2.27. The normalized spacial score (nSPS) is 19.0. The van der Waals surface area contributed by atoms with Crippen LogP contribution in [0.4, 0.5) is 0 Å². The summed E-state index contributed by atoms with van der Waals surface area (Å²) in [5.74, 6) is 1.21. The molecule has 0 bridgehead atoms. The molecule has 0 aliphatic carbocycles. The zero-order chi connectivity index (χ0) is 13.5. The van der Waals surface area contributed by atoms with Gasteiger partial charge in [0.05, 0.1) is 6.26 Å². The second-order valence-electron chi connectivity index (χ2n) is 4.92. The standard InChI is InChI=1S/C12H16N4O2S/c1-19(17,18)15-8-5-10(6-9-15)12-14-13-11-4-2-3-7-16(11)12/h2-4,7,10H,5-6,8-9H2,1H3. The maximum absolute atomic E-state index is 11.5. The fourth-order valence-corrected chi connectivity index (χ4v) is 3.46. The second-order valence-corrected chi connectivity index (χ2v) is 6.91. The summed E-state index contributed by atoms with van der Waals surface area (Å²) in [4.78, 5) is 0. The van der Waals surface area contributed by atoms with Gasteiger partial charge in [0, 0.05) is 25.2 Å². The molecule has 1 fully saturated rings. The average molecular weight is 280 g/mol. The van der Waals surface area contributed by atoms with Crippen molar-refractivity contribution < 1.29 is 8.42 Å². The minimum absolute atomic E-state index is 0.274. The summed E-state index contributed by atoms with van der Waals surface area (Å²) in [6, 6.07) is 5.80. The van der Waals surface area contributed by atoms with E-state index in [1.807, 2.05) is 28.8 Å². The van der Waals surface area contributed by atoms with Crippen LogP contribution in [0.3, 0.4) is 0 Å². The number of aromatic nitrogens is 3. The predicted molar refractivity (Wildman–Crippen MR) is 71.4 cm³/mol. The Morgan fingerprint density at radius 3 is 2.63 bits per heavy atom. The van der Waals surface area contributed by atoms with E-state index in [2.05, 4.69) is 10.2 Å². The summed E-state index contributed by atoms with van der Waals surface area (Å²) >= 11 is 0. The Morgan fingerprint density at radius 1 is 1.21 bits per heavy atom. The molecule has 1 aliphatic rings. The minimum atomic E-state index is -3.07. The lowest BCUT2D eigenvalue weighted by molar-refractivity contribution is 0.314. The molecular weight excluding hydrogens is 264 g/mol. The molecule has 102 valence electrons. The van der Waals surface area contributed by atoms with Crippen LogP contribution < -0.4 is 0 Å². The van der Waals surface area contributed by atoms with Crippen molar-refractivity contribution in [3.63, 3.8) is 0 Å². The molecule has 0 unspecified atom stereocenters. The summed E-state index contributed by atoms with van der Waals surface area (Å²) in [7, 11) is -3.07. The molecular formula is C12H16N4O2S. The predicted octanol–water partition coefficient (Wildman–Crippen LogP) is 0.868. The first-order chi connectivity index (χ1) is 9.05. The lowest BCUT2D eigenvalue weighted by Gasteiger charge is -2.29. The summed E-state index contributed by atoms with van der Waals surface area (Å²) in [5.41, 5.74) is 0.836. The molecule has 3 heterocycles. The van der Waals surface area contributed by atoms with Gasteiger partial charge in [0.25, 0.3) is 0 Å². The van der Waals surface area contributed by atoms with Crippen LogP contribution in [0.1, 0.15) is 24.6 Å². The van der Waals surface area contributed by atoms with Crippen LogP contribution in [-0.4, -0.2) is 46.7 Å². The SMILES string of the molecule is CS(=O)(=O)N1CCC(c2nnc3ccccn23)CC1. The number of hydrogen-bond acceptors (Lipinski definition) is 4. The molecule has 3 rings (SSSR count). The first-order valence-corrected chi connectivity index (χ1v) is 8.15.